The predicted octanol–water partition coefficient (Wildman–Crippen LogP) is 1.22. The molecule has 0 spiro atoms. The molecule has 0 fully saturated rings. The van der Waals surface area contributed by atoms with Gasteiger partial charge in [-0.2, -0.15) is 0 Å². The van der Waals surface area contributed by atoms with E-state index < -0.39 is 16.1 Å². The molecule has 0 heterocycles. The minimum Gasteiger partial charge on any atom is -0.493 e. The first-order valence-corrected chi connectivity index (χ1v) is 9.31. The van der Waals surface area contributed by atoms with Crippen LogP contribution in [0.4, 0.5) is 10.5 Å². The molecule has 0 aliphatic carbocycles. The zero-order valence-corrected chi connectivity index (χ0v) is 15.8. The Kier molecular flexibility index (Phi) is 7.62. The average Bonchev–Trinajstić information content (AvgIpc) is 2.56. The summed E-state index contributed by atoms with van der Waals surface area (Å²) in [7, 11) is 0.725. The normalized spacial score (nSPS) is 10.8. The van der Waals surface area contributed by atoms with Gasteiger partial charge in [-0.3, -0.25) is 4.31 Å². The molecule has 1 aromatic rings. The summed E-state index contributed by atoms with van der Waals surface area (Å²) in [5.41, 5.74) is 0.322. The molecule has 1 rings (SSSR count). The van der Waals surface area contributed by atoms with E-state index in [9.17, 15) is 13.2 Å². The number of alkyl carbamates (subject to hydrolysis) is 1. The predicted molar refractivity (Wildman–Crippen MR) is 93.3 cm³/mol. The monoisotopic (exact) mass is 376 g/mol. The second kappa shape index (κ2) is 9.21. The van der Waals surface area contributed by atoms with Crippen LogP contribution in [0.5, 0.6) is 17.2 Å². The van der Waals surface area contributed by atoms with Crippen LogP contribution in [0.1, 0.15) is 6.92 Å². The maximum Gasteiger partial charge on any atom is 0.407 e. The molecule has 0 aliphatic heterocycles. The van der Waals surface area contributed by atoms with E-state index in [0.29, 0.717) is 22.9 Å². The van der Waals surface area contributed by atoms with E-state index in [2.05, 4.69) is 5.32 Å². The number of carbonyl (C=O) groups is 1. The van der Waals surface area contributed by atoms with Crippen LogP contribution < -0.4 is 23.8 Å². The van der Waals surface area contributed by atoms with Crippen molar-refractivity contribution in [1.29, 1.82) is 0 Å². The van der Waals surface area contributed by atoms with Gasteiger partial charge >= 0.3 is 6.09 Å². The van der Waals surface area contributed by atoms with Gasteiger partial charge in [0, 0.05) is 18.7 Å². The molecule has 0 unspecified atom stereocenters. The third-order valence-electron chi connectivity index (χ3n) is 3.20. The largest absolute Gasteiger partial charge is 0.493 e. The number of anilines is 1. The smallest absolute Gasteiger partial charge is 0.407 e. The fourth-order valence-corrected chi connectivity index (χ4v) is 3.05. The number of nitrogens with one attached hydrogen (secondary N) is 1. The summed E-state index contributed by atoms with van der Waals surface area (Å²) in [6, 6.07) is 3.04. The lowest BCUT2D eigenvalue weighted by Gasteiger charge is -2.24. The van der Waals surface area contributed by atoms with Gasteiger partial charge in [-0.05, 0) is 6.92 Å². The number of ether oxygens (including phenoxy) is 4. The zero-order chi connectivity index (χ0) is 19.0. The van der Waals surface area contributed by atoms with E-state index in [4.69, 9.17) is 18.9 Å². The third kappa shape index (κ3) is 5.59. The first-order valence-electron chi connectivity index (χ1n) is 7.46. The summed E-state index contributed by atoms with van der Waals surface area (Å²) in [6.07, 6.45) is 0.460. The first kappa shape index (κ1) is 20.7. The van der Waals surface area contributed by atoms with Gasteiger partial charge in [0.25, 0.3) is 0 Å². The van der Waals surface area contributed by atoms with Crippen LogP contribution in [-0.2, 0) is 14.8 Å². The Bertz CT molecular complexity index is 666. The van der Waals surface area contributed by atoms with Crippen LogP contribution in [0, 0.1) is 0 Å². The van der Waals surface area contributed by atoms with Crippen molar-refractivity contribution in [2.75, 3.05) is 51.6 Å². The second-order valence-corrected chi connectivity index (χ2v) is 6.77. The van der Waals surface area contributed by atoms with Crippen LogP contribution in [0.15, 0.2) is 12.1 Å². The molecule has 9 nitrogen and oxygen atoms in total. The minimum atomic E-state index is -3.61. The molecule has 0 atom stereocenters. The van der Waals surface area contributed by atoms with Crippen LogP contribution >= 0.6 is 0 Å². The molecule has 0 saturated heterocycles. The minimum absolute atomic E-state index is 0.0102. The van der Waals surface area contributed by atoms with Crippen molar-refractivity contribution in [2.45, 2.75) is 6.92 Å². The number of sulfonamides is 1. The molecule has 142 valence electrons. The summed E-state index contributed by atoms with van der Waals surface area (Å²) in [5, 5.41) is 2.48. The molecule has 0 aliphatic rings. The fraction of sp³-hybridized carbons (Fsp3) is 0.533. The second-order valence-electron chi connectivity index (χ2n) is 4.87. The number of nitrogens with zero attached hydrogens (tertiary/aromatic N) is 1. The summed E-state index contributed by atoms with van der Waals surface area (Å²) >= 11 is 0. The number of rotatable bonds is 9. The molecule has 0 bridgehead atoms. The standard InChI is InChI=1S/C15H24N2O7S/c1-6-24-15(18)16-7-8-17(25(5,19)20)11-9-12(21-2)14(23-4)13(10-11)22-3/h9-10H,6-8H2,1-5H3,(H,16,18). The molecule has 1 amide bonds. The Morgan fingerprint density at radius 3 is 2.08 bits per heavy atom. The van der Waals surface area contributed by atoms with Gasteiger partial charge in [0.05, 0.1) is 46.4 Å². The van der Waals surface area contributed by atoms with Gasteiger partial charge in [0.1, 0.15) is 0 Å². The van der Waals surface area contributed by atoms with Crippen molar-refractivity contribution >= 4 is 21.8 Å². The van der Waals surface area contributed by atoms with Gasteiger partial charge in [-0.15, -0.1) is 0 Å². The Labute approximate surface area is 147 Å². The average molecular weight is 376 g/mol. The van der Waals surface area contributed by atoms with Gasteiger partial charge in [0.2, 0.25) is 15.8 Å². The van der Waals surface area contributed by atoms with Crippen molar-refractivity contribution in [3.8, 4) is 17.2 Å². The van der Waals surface area contributed by atoms with E-state index in [-0.39, 0.29) is 19.7 Å². The lowest BCUT2D eigenvalue weighted by Crippen LogP contribution is -2.38. The number of carbonyl (C=O) groups excluding carboxylic acids is 1. The molecule has 0 saturated carbocycles. The highest BCUT2D eigenvalue weighted by atomic mass is 32.2. The van der Waals surface area contributed by atoms with Gasteiger partial charge in [0.15, 0.2) is 11.5 Å². The number of hydrogen-bond acceptors (Lipinski definition) is 7. The SMILES string of the molecule is CCOC(=O)NCCN(c1cc(OC)c(OC)c(OC)c1)S(C)(=O)=O. The highest BCUT2D eigenvalue weighted by molar-refractivity contribution is 7.92. The maximum atomic E-state index is 12.2. The van der Waals surface area contributed by atoms with Crippen molar-refractivity contribution < 1.29 is 32.2 Å². The Balaban J connectivity index is 3.13. The van der Waals surface area contributed by atoms with Crippen molar-refractivity contribution in [3.05, 3.63) is 12.1 Å². The lowest BCUT2D eigenvalue weighted by molar-refractivity contribution is 0.152. The van der Waals surface area contributed by atoms with E-state index in [0.717, 1.165) is 10.6 Å². The van der Waals surface area contributed by atoms with Crippen molar-refractivity contribution in [3.63, 3.8) is 0 Å². The van der Waals surface area contributed by atoms with Gasteiger partial charge < -0.3 is 24.3 Å². The summed E-state index contributed by atoms with van der Waals surface area (Å²) in [5.74, 6) is 1.000. The van der Waals surface area contributed by atoms with Crippen molar-refractivity contribution in [1.82, 2.24) is 5.32 Å². The lowest BCUT2D eigenvalue weighted by atomic mass is 10.2. The zero-order valence-electron chi connectivity index (χ0n) is 15.0. The molecule has 1 N–H and O–H groups in total. The number of benzene rings is 1. The number of amides is 1. The van der Waals surface area contributed by atoms with E-state index in [1.807, 2.05) is 0 Å². The topological polar surface area (TPSA) is 103 Å². The molecule has 0 aromatic heterocycles. The molecule has 1 aromatic carbocycles. The molecule has 25 heavy (non-hydrogen) atoms. The highest BCUT2D eigenvalue weighted by Gasteiger charge is 2.22. The summed E-state index contributed by atoms with van der Waals surface area (Å²) < 4.78 is 45.9. The quantitative estimate of drug-likeness (QED) is 0.691. The summed E-state index contributed by atoms with van der Waals surface area (Å²) in [6.45, 7) is 1.99. The molecular weight excluding hydrogens is 352 g/mol. The molecule has 0 radical (unpaired) electrons. The summed E-state index contributed by atoms with van der Waals surface area (Å²) in [4.78, 5) is 11.3. The van der Waals surface area contributed by atoms with Gasteiger partial charge in [-0.25, -0.2) is 13.2 Å². The molecular formula is C15H24N2O7S. The molecule has 10 heteroatoms. The Hall–Kier alpha value is -2.36. The van der Waals surface area contributed by atoms with E-state index in [1.54, 1.807) is 6.92 Å². The van der Waals surface area contributed by atoms with E-state index in [1.165, 1.54) is 33.5 Å². The Morgan fingerprint density at radius 1 is 1.12 bits per heavy atom. The van der Waals surface area contributed by atoms with Crippen LogP contribution in [-0.4, -0.2) is 61.8 Å². The number of methoxy groups -OCH3 is 3. The van der Waals surface area contributed by atoms with Crippen LogP contribution in [0.3, 0.4) is 0 Å². The number of hydrogen-bond donors (Lipinski definition) is 1. The van der Waals surface area contributed by atoms with Crippen LogP contribution in [0.2, 0.25) is 0 Å². The fourth-order valence-electron chi connectivity index (χ4n) is 2.14. The maximum absolute atomic E-state index is 12.2. The first-order chi connectivity index (χ1) is 11.8. The Morgan fingerprint density at radius 2 is 1.68 bits per heavy atom. The highest BCUT2D eigenvalue weighted by Crippen LogP contribution is 2.41. The van der Waals surface area contributed by atoms with E-state index >= 15 is 0 Å². The van der Waals surface area contributed by atoms with Crippen molar-refractivity contribution in [2.24, 2.45) is 0 Å². The third-order valence-corrected chi connectivity index (χ3v) is 4.39. The van der Waals surface area contributed by atoms with Gasteiger partial charge in [-0.1, -0.05) is 0 Å². The van der Waals surface area contributed by atoms with Crippen LogP contribution in [0.25, 0.3) is 0 Å².